The van der Waals surface area contributed by atoms with Crippen molar-refractivity contribution in [3.63, 3.8) is 0 Å². The van der Waals surface area contributed by atoms with Crippen LogP contribution >= 0.6 is 0 Å². The molecule has 62 valence electrons. The summed E-state index contributed by atoms with van der Waals surface area (Å²) in [6.45, 7) is 1.87. The van der Waals surface area contributed by atoms with Gasteiger partial charge in [0, 0.05) is 0 Å². The van der Waals surface area contributed by atoms with Crippen molar-refractivity contribution in [3.05, 3.63) is 29.1 Å². The number of benzene rings is 1. The predicted molar refractivity (Wildman–Crippen MR) is 44.9 cm³/mol. The number of hydrogen-bond donors (Lipinski definition) is 1. The molecule has 0 aromatic heterocycles. The van der Waals surface area contributed by atoms with Gasteiger partial charge in [-0.15, -0.1) is 0 Å². The summed E-state index contributed by atoms with van der Waals surface area (Å²) < 4.78 is 12.9. The van der Waals surface area contributed by atoms with E-state index >= 15 is 0 Å². The number of nitriles is 1. The van der Waals surface area contributed by atoms with Crippen LogP contribution in [0.25, 0.3) is 0 Å². The van der Waals surface area contributed by atoms with Gasteiger partial charge in [-0.25, -0.2) is 4.39 Å². The molecule has 0 aliphatic carbocycles. The number of hydrogen-bond acceptors (Lipinski definition) is 2. The molecule has 0 unspecified atom stereocenters. The maximum atomic E-state index is 12.9. The van der Waals surface area contributed by atoms with Crippen LogP contribution in [-0.4, -0.2) is 0 Å². The minimum Gasteiger partial charge on any atom is -0.396 e. The van der Waals surface area contributed by atoms with Gasteiger partial charge in [0.25, 0.3) is 0 Å². The van der Waals surface area contributed by atoms with Gasteiger partial charge in [0.05, 0.1) is 17.3 Å². The third-order valence-electron chi connectivity index (χ3n) is 1.73. The van der Waals surface area contributed by atoms with Crippen molar-refractivity contribution in [3.8, 4) is 6.07 Å². The van der Waals surface area contributed by atoms with Crippen LogP contribution in [0.3, 0.4) is 0 Å². The number of halogens is 1. The second kappa shape index (κ2) is 3.22. The van der Waals surface area contributed by atoms with Crippen LogP contribution in [0.5, 0.6) is 0 Å². The Kier molecular flexibility index (Phi) is 2.29. The van der Waals surface area contributed by atoms with Crippen LogP contribution < -0.4 is 5.73 Å². The number of aryl methyl sites for hydroxylation is 1. The highest BCUT2D eigenvalue weighted by Crippen LogP contribution is 2.18. The first-order valence-corrected chi connectivity index (χ1v) is 3.67. The number of nitrogen functional groups attached to an aromatic ring is 1. The van der Waals surface area contributed by atoms with E-state index in [4.69, 9.17) is 11.0 Å². The highest BCUT2D eigenvalue weighted by molar-refractivity contribution is 5.52. The summed E-state index contributed by atoms with van der Waals surface area (Å²) >= 11 is 0. The highest BCUT2D eigenvalue weighted by atomic mass is 19.1. The van der Waals surface area contributed by atoms with E-state index < -0.39 is 5.82 Å². The lowest BCUT2D eigenvalue weighted by Gasteiger charge is -2.03. The van der Waals surface area contributed by atoms with E-state index in [1.165, 1.54) is 0 Å². The zero-order valence-electron chi connectivity index (χ0n) is 6.76. The first-order chi connectivity index (χ1) is 5.69. The van der Waals surface area contributed by atoms with Crippen LogP contribution in [0, 0.1) is 17.1 Å². The van der Waals surface area contributed by atoms with Gasteiger partial charge in [0.1, 0.15) is 5.82 Å². The van der Waals surface area contributed by atoms with Crippen LogP contribution in [0.1, 0.15) is 18.1 Å². The van der Waals surface area contributed by atoms with Crippen molar-refractivity contribution in [2.24, 2.45) is 0 Å². The summed E-state index contributed by atoms with van der Waals surface area (Å²) in [5.41, 5.74) is 6.59. The Balaban J connectivity index is 3.31. The van der Waals surface area contributed by atoms with Crippen LogP contribution in [0.15, 0.2) is 12.1 Å². The lowest BCUT2D eigenvalue weighted by molar-refractivity contribution is 0.630. The zero-order chi connectivity index (χ0) is 9.14. The quantitative estimate of drug-likeness (QED) is 0.644. The molecule has 0 fully saturated rings. The molecule has 12 heavy (non-hydrogen) atoms. The molecule has 0 aliphatic rings. The Bertz CT molecular complexity index is 339. The van der Waals surface area contributed by atoms with Gasteiger partial charge in [-0.2, -0.15) is 5.26 Å². The number of anilines is 1. The normalized spacial score (nSPS) is 9.42. The third-order valence-corrected chi connectivity index (χ3v) is 1.73. The first-order valence-electron chi connectivity index (χ1n) is 3.67. The van der Waals surface area contributed by atoms with Crippen LogP contribution in [0.4, 0.5) is 10.1 Å². The van der Waals surface area contributed by atoms with E-state index in [0.29, 0.717) is 17.5 Å². The van der Waals surface area contributed by atoms with E-state index in [2.05, 4.69) is 0 Å². The standard InChI is InChI=1S/C9H9FN2/c1-2-7-3-6(5-11)4-8(10)9(7)12/h3-4H,2,12H2,1H3. The molecule has 1 aromatic rings. The van der Waals surface area contributed by atoms with Crippen LogP contribution in [-0.2, 0) is 6.42 Å². The zero-order valence-corrected chi connectivity index (χ0v) is 6.76. The largest absolute Gasteiger partial charge is 0.396 e. The Morgan fingerprint density at radius 2 is 2.25 bits per heavy atom. The van der Waals surface area contributed by atoms with Crippen molar-refractivity contribution >= 4 is 5.69 Å². The lowest BCUT2D eigenvalue weighted by Crippen LogP contribution is -1.97. The van der Waals surface area contributed by atoms with Gasteiger partial charge >= 0.3 is 0 Å². The second-order valence-electron chi connectivity index (χ2n) is 2.50. The summed E-state index contributed by atoms with van der Waals surface area (Å²) in [4.78, 5) is 0. The maximum absolute atomic E-state index is 12.9. The predicted octanol–water partition coefficient (Wildman–Crippen LogP) is 1.84. The molecular formula is C9H9FN2. The Morgan fingerprint density at radius 1 is 1.58 bits per heavy atom. The van der Waals surface area contributed by atoms with E-state index in [1.54, 1.807) is 6.07 Å². The van der Waals surface area contributed by atoms with Crippen molar-refractivity contribution < 1.29 is 4.39 Å². The van der Waals surface area contributed by atoms with Gasteiger partial charge in [-0.1, -0.05) is 6.92 Å². The first kappa shape index (κ1) is 8.54. The fourth-order valence-corrected chi connectivity index (χ4v) is 1.03. The fraction of sp³-hybridized carbons (Fsp3) is 0.222. The molecule has 0 aliphatic heterocycles. The van der Waals surface area contributed by atoms with E-state index in [9.17, 15) is 4.39 Å². The van der Waals surface area contributed by atoms with Gasteiger partial charge in [-0.05, 0) is 24.1 Å². The summed E-state index contributed by atoms with van der Waals surface area (Å²) in [5.74, 6) is -0.508. The van der Waals surface area contributed by atoms with Gasteiger partial charge < -0.3 is 5.73 Å². The van der Waals surface area contributed by atoms with Gasteiger partial charge in [0.2, 0.25) is 0 Å². The molecule has 2 N–H and O–H groups in total. The molecule has 0 atom stereocenters. The molecule has 0 amide bonds. The van der Waals surface area contributed by atoms with Crippen molar-refractivity contribution in [1.82, 2.24) is 0 Å². The minimum absolute atomic E-state index is 0.150. The van der Waals surface area contributed by atoms with E-state index in [0.717, 1.165) is 6.07 Å². The molecule has 3 heteroatoms. The molecule has 1 rings (SSSR count). The molecule has 0 spiro atoms. The molecule has 1 aromatic carbocycles. The van der Waals surface area contributed by atoms with Crippen molar-refractivity contribution in [1.29, 1.82) is 5.26 Å². The molecule has 0 saturated carbocycles. The molecule has 2 nitrogen and oxygen atoms in total. The molecule has 0 bridgehead atoms. The van der Waals surface area contributed by atoms with Gasteiger partial charge in [0.15, 0.2) is 0 Å². The number of rotatable bonds is 1. The minimum atomic E-state index is -0.508. The second-order valence-corrected chi connectivity index (χ2v) is 2.50. The van der Waals surface area contributed by atoms with Crippen molar-refractivity contribution in [2.45, 2.75) is 13.3 Å². The Morgan fingerprint density at radius 3 is 2.75 bits per heavy atom. The molecule has 0 radical (unpaired) electrons. The fourth-order valence-electron chi connectivity index (χ4n) is 1.03. The van der Waals surface area contributed by atoms with Crippen LogP contribution in [0.2, 0.25) is 0 Å². The maximum Gasteiger partial charge on any atom is 0.147 e. The lowest BCUT2D eigenvalue weighted by atomic mass is 10.1. The topological polar surface area (TPSA) is 49.8 Å². The van der Waals surface area contributed by atoms with Gasteiger partial charge in [-0.3, -0.25) is 0 Å². The average Bonchev–Trinajstić information content (AvgIpc) is 2.09. The molecule has 0 saturated heterocycles. The average molecular weight is 164 g/mol. The number of nitrogens with zero attached hydrogens (tertiary/aromatic N) is 1. The van der Waals surface area contributed by atoms with E-state index in [1.807, 2.05) is 13.0 Å². The summed E-state index contributed by atoms with van der Waals surface area (Å²) in [6.07, 6.45) is 0.637. The highest BCUT2D eigenvalue weighted by Gasteiger charge is 2.05. The monoisotopic (exact) mass is 164 g/mol. The number of nitrogens with two attached hydrogens (primary N) is 1. The molecule has 0 heterocycles. The summed E-state index contributed by atoms with van der Waals surface area (Å²) in [6, 6.07) is 4.63. The van der Waals surface area contributed by atoms with Crippen molar-refractivity contribution in [2.75, 3.05) is 5.73 Å². The molecular weight excluding hydrogens is 155 g/mol. The third kappa shape index (κ3) is 1.37. The SMILES string of the molecule is CCc1cc(C#N)cc(F)c1N. The summed E-state index contributed by atoms with van der Waals surface area (Å²) in [5, 5.41) is 8.52. The Labute approximate surface area is 70.4 Å². The van der Waals surface area contributed by atoms with E-state index in [-0.39, 0.29) is 5.69 Å². The summed E-state index contributed by atoms with van der Waals surface area (Å²) in [7, 11) is 0. The smallest absolute Gasteiger partial charge is 0.147 e. The Hall–Kier alpha value is -1.56.